The SMILES string of the molecule is Cc1ccc(NC(=O)N[C@H](CC(N)=O)C(=O)O)cc1. The molecular weight excluding hydrogens is 250 g/mol. The normalized spacial score (nSPS) is 11.4. The van der Waals surface area contributed by atoms with Crippen LogP contribution in [0, 0.1) is 6.92 Å². The van der Waals surface area contributed by atoms with Crippen LogP contribution >= 0.6 is 0 Å². The Balaban J connectivity index is 2.59. The molecule has 0 aliphatic heterocycles. The summed E-state index contributed by atoms with van der Waals surface area (Å²) in [5.41, 5.74) is 6.45. The van der Waals surface area contributed by atoms with Gasteiger partial charge in [-0.1, -0.05) is 17.7 Å². The van der Waals surface area contributed by atoms with Crippen molar-refractivity contribution in [2.24, 2.45) is 5.73 Å². The van der Waals surface area contributed by atoms with Crippen molar-refractivity contribution in [3.63, 3.8) is 0 Å². The predicted octanol–water partition coefficient (Wildman–Crippen LogP) is 0.445. The zero-order valence-corrected chi connectivity index (χ0v) is 10.3. The summed E-state index contributed by atoms with van der Waals surface area (Å²) in [6.45, 7) is 1.90. The van der Waals surface area contributed by atoms with Crippen molar-refractivity contribution >= 4 is 23.6 Å². The molecule has 1 rings (SSSR count). The Morgan fingerprint density at radius 3 is 2.32 bits per heavy atom. The number of carbonyl (C=O) groups excluding carboxylic acids is 2. The Kier molecular flexibility index (Phi) is 4.87. The summed E-state index contributed by atoms with van der Waals surface area (Å²) in [5.74, 6) is -2.12. The van der Waals surface area contributed by atoms with E-state index in [1.165, 1.54) is 0 Å². The minimum Gasteiger partial charge on any atom is -0.480 e. The van der Waals surface area contributed by atoms with E-state index in [4.69, 9.17) is 10.8 Å². The van der Waals surface area contributed by atoms with Gasteiger partial charge in [0.1, 0.15) is 6.04 Å². The number of amides is 3. The molecule has 1 atom stereocenters. The van der Waals surface area contributed by atoms with E-state index in [-0.39, 0.29) is 0 Å². The monoisotopic (exact) mass is 265 g/mol. The summed E-state index contributed by atoms with van der Waals surface area (Å²) in [4.78, 5) is 33.1. The zero-order chi connectivity index (χ0) is 14.4. The van der Waals surface area contributed by atoms with Gasteiger partial charge >= 0.3 is 12.0 Å². The Hall–Kier alpha value is -2.57. The maximum Gasteiger partial charge on any atom is 0.326 e. The molecule has 19 heavy (non-hydrogen) atoms. The molecule has 0 spiro atoms. The van der Waals surface area contributed by atoms with Crippen LogP contribution in [0.3, 0.4) is 0 Å². The summed E-state index contributed by atoms with van der Waals surface area (Å²) >= 11 is 0. The molecule has 0 bridgehead atoms. The number of nitrogens with one attached hydrogen (secondary N) is 2. The highest BCUT2D eigenvalue weighted by atomic mass is 16.4. The van der Waals surface area contributed by atoms with Crippen LogP contribution in [0.1, 0.15) is 12.0 Å². The van der Waals surface area contributed by atoms with E-state index in [0.717, 1.165) is 5.56 Å². The molecular formula is C12H15N3O4. The molecule has 5 N–H and O–H groups in total. The summed E-state index contributed by atoms with van der Waals surface area (Å²) in [7, 11) is 0. The topological polar surface area (TPSA) is 122 Å². The highest BCUT2D eigenvalue weighted by Crippen LogP contribution is 2.08. The van der Waals surface area contributed by atoms with Gasteiger partial charge in [-0.25, -0.2) is 9.59 Å². The lowest BCUT2D eigenvalue weighted by atomic mass is 10.2. The van der Waals surface area contributed by atoms with Crippen molar-refractivity contribution in [2.45, 2.75) is 19.4 Å². The van der Waals surface area contributed by atoms with Crippen molar-refractivity contribution in [3.05, 3.63) is 29.8 Å². The molecule has 0 aromatic heterocycles. The van der Waals surface area contributed by atoms with Crippen LogP contribution in [0.2, 0.25) is 0 Å². The Bertz CT molecular complexity index is 484. The highest BCUT2D eigenvalue weighted by molar-refractivity contribution is 5.93. The minimum atomic E-state index is -1.34. The number of hydrogen-bond donors (Lipinski definition) is 4. The van der Waals surface area contributed by atoms with Gasteiger partial charge in [-0.2, -0.15) is 0 Å². The fourth-order valence-corrected chi connectivity index (χ4v) is 1.36. The first kappa shape index (κ1) is 14.5. The van der Waals surface area contributed by atoms with Crippen LogP contribution in [-0.2, 0) is 9.59 Å². The molecule has 102 valence electrons. The number of aryl methyl sites for hydroxylation is 1. The molecule has 0 fully saturated rings. The fourth-order valence-electron chi connectivity index (χ4n) is 1.36. The number of rotatable bonds is 5. The number of carbonyl (C=O) groups is 3. The van der Waals surface area contributed by atoms with Gasteiger partial charge in [0, 0.05) is 5.69 Å². The Labute approximate surface area is 109 Å². The first-order valence-corrected chi connectivity index (χ1v) is 5.54. The molecule has 0 heterocycles. The highest BCUT2D eigenvalue weighted by Gasteiger charge is 2.21. The van der Waals surface area contributed by atoms with Crippen molar-refractivity contribution in [3.8, 4) is 0 Å². The van der Waals surface area contributed by atoms with Gasteiger partial charge in [0.05, 0.1) is 6.42 Å². The molecule has 0 radical (unpaired) electrons. The molecule has 0 aliphatic carbocycles. The summed E-state index contributed by atoms with van der Waals surface area (Å²) < 4.78 is 0. The van der Waals surface area contributed by atoms with Crippen LogP contribution in [0.4, 0.5) is 10.5 Å². The number of anilines is 1. The van der Waals surface area contributed by atoms with Gasteiger partial charge in [-0.05, 0) is 19.1 Å². The van der Waals surface area contributed by atoms with Crippen molar-refractivity contribution in [1.29, 1.82) is 0 Å². The fraction of sp³-hybridized carbons (Fsp3) is 0.250. The van der Waals surface area contributed by atoms with E-state index in [2.05, 4.69) is 10.6 Å². The second kappa shape index (κ2) is 6.39. The summed E-state index contributed by atoms with van der Waals surface area (Å²) in [5, 5.41) is 13.4. The molecule has 0 saturated carbocycles. The number of benzene rings is 1. The smallest absolute Gasteiger partial charge is 0.326 e. The number of aliphatic carboxylic acids is 1. The molecule has 0 saturated heterocycles. The van der Waals surface area contributed by atoms with E-state index in [1.54, 1.807) is 24.3 Å². The maximum absolute atomic E-state index is 11.6. The number of hydrogen-bond acceptors (Lipinski definition) is 3. The van der Waals surface area contributed by atoms with Gasteiger partial charge in [0.15, 0.2) is 0 Å². The number of nitrogens with two attached hydrogens (primary N) is 1. The van der Waals surface area contributed by atoms with E-state index in [1.807, 2.05) is 6.92 Å². The molecule has 0 unspecified atom stereocenters. The molecule has 0 aliphatic rings. The third-order valence-electron chi connectivity index (χ3n) is 2.32. The van der Waals surface area contributed by atoms with E-state index in [0.29, 0.717) is 5.69 Å². The first-order chi connectivity index (χ1) is 8.88. The van der Waals surface area contributed by atoms with Gasteiger partial charge in [-0.3, -0.25) is 4.79 Å². The molecule has 1 aromatic rings. The lowest BCUT2D eigenvalue weighted by Gasteiger charge is -2.13. The van der Waals surface area contributed by atoms with Crippen molar-refractivity contribution in [1.82, 2.24) is 5.32 Å². The minimum absolute atomic E-state index is 0.462. The lowest BCUT2D eigenvalue weighted by molar-refractivity contribution is -0.140. The van der Waals surface area contributed by atoms with Crippen LogP contribution in [0.5, 0.6) is 0 Å². The first-order valence-electron chi connectivity index (χ1n) is 5.54. The van der Waals surface area contributed by atoms with E-state index < -0.39 is 30.4 Å². The third kappa shape index (κ3) is 5.07. The number of carboxylic acids is 1. The lowest BCUT2D eigenvalue weighted by Crippen LogP contribution is -2.45. The van der Waals surface area contributed by atoms with Gasteiger partial charge in [-0.15, -0.1) is 0 Å². The average Bonchev–Trinajstić information content (AvgIpc) is 2.30. The molecule has 7 nitrogen and oxygen atoms in total. The van der Waals surface area contributed by atoms with Gasteiger partial charge in [0.2, 0.25) is 5.91 Å². The second-order valence-electron chi connectivity index (χ2n) is 4.03. The molecule has 1 aromatic carbocycles. The number of carboxylic acid groups (broad SMARTS) is 1. The van der Waals surface area contributed by atoms with Crippen LogP contribution in [0.25, 0.3) is 0 Å². The van der Waals surface area contributed by atoms with Gasteiger partial charge < -0.3 is 21.5 Å². The second-order valence-corrected chi connectivity index (χ2v) is 4.03. The molecule has 3 amide bonds. The van der Waals surface area contributed by atoms with Crippen molar-refractivity contribution in [2.75, 3.05) is 5.32 Å². The van der Waals surface area contributed by atoms with Gasteiger partial charge in [0.25, 0.3) is 0 Å². The quantitative estimate of drug-likeness (QED) is 0.617. The zero-order valence-electron chi connectivity index (χ0n) is 10.3. The Morgan fingerprint density at radius 1 is 1.26 bits per heavy atom. The van der Waals surface area contributed by atoms with E-state index in [9.17, 15) is 14.4 Å². The summed E-state index contributed by atoms with van der Waals surface area (Å²) in [6, 6.07) is 4.90. The number of primary amides is 1. The largest absolute Gasteiger partial charge is 0.480 e. The Morgan fingerprint density at radius 2 is 1.84 bits per heavy atom. The van der Waals surface area contributed by atoms with Crippen LogP contribution in [0.15, 0.2) is 24.3 Å². The van der Waals surface area contributed by atoms with Crippen LogP contribution < -0.4 is 16.4 Å². The predicted molar refractivity (Wildman–Crippen MR) is 68.6 cm³/mol. The average molecular weight is 265 g/mol. The van der Waals surface area contributed by atoms with Crippen LogP contribution in [-0.4, -0.2) is 29.1 Å². The maximum atomic E-state index is 11.6. The molecule has 7 heteroatoms. The van der Waals surface area contributed by atoms with Crippen molar-refractivity contribution < 1.29 is 19.5 Å². The summed E-state index contributed by atoms with van der Waals surface area (Å²) in [6.07, 6.45) is -0.462. The standard InChI is InChI=1S/C12H15N3O4/c1-7-2-4-8(5-3-7)14-12(19)15-9(11(17)18)6-10(13)16/h2-5,9H,6H2,1H3,(H2,13,16)(H,17,18)(H2,14,15,19)/t9-/m1/s1. The number of urea groups is 1. The van der Waals surface area contributed by atoms with E-state index >= 15 is 0 Å². The third-order valence-corrected chi connectivity index (χ3v) is 2.32.